The summed E-state index contributed by atoms with van der Waals surface area (Å²) in [4.78, 5) is 13.8. The van der Waals surface area contributed by atoms with Crippen LogP contribution in [0.15, 0.2) is 23.1 Å². The van der Waals surface area contributed by atoms with Crippen molar-refractivity contribution in [3.8, 4) is 0 Å². The number of amides is 1. The van der Waals surface area contributed by atoms with E-state index in [2.05, 4.69) is 0 Å². The number of hydrogen-bond acceptors (Lipinski definition) is 4. The number of hydrogen-bond donors (Lipinski definition) is 1. The normalized spacial score (nSPS) is 21.1. The van der Waals surface area contributed by atoms with Crippen LogP contribution in [-0.4, -0.2) is 55.8 Å². The maximum atomic E-state index is 13.0. The third-order valence-electron chi connectivity index (χ3n) is 5.81. The smallest absolute Gasteiger partial charge is 0.243 e. The van der Waals surface area contributed by atoms with Crippen molar-refractivity contribution >= 4 is 15.9 Å². The van der Waals surface area contributed by atoms with Crippen molar-refractivity contribution in [3.05, 3.63) is 29.3 Å². The molecule has 1 atom stereocenters. The van der Waals surface area contributed by atoms with Gasteiger partial charge in [-0.1, -0.05) is 6.07 Å². The number of piperidine rings is 1. The molecule has 144 valence electrons. The third-order valence-corrected chi connectivity index (χ3v) is 7.70. The lowest BCUT2D eigenvalue weighted by Gasteiger charge is -2.33. The molecule has 26 heavy (non-hydrogen) atoms. The zero-order chi connectivity index (χ0) is 18.9. The second-order valence-electron chi connectivity index (χ2n) is 7.54. The van der Waals surface area contributed by atoms with E-state index in [-0.39, 0.29) is 11.9 Å². The first kappa shape index (κ1) is 19.3. The molecule has 2 N–H and O–H groups in total. The van der Waals surface area contributed by atoms with Gasteiger partial charge in [0.15, 0.2) is 0 Å². The molecule has 0 aliphatic carbocycles. The summed E-state index contributed by atoms with van der Waals surface area (Å²) in [6, 6.07) is 5.55. The van der Waals surface area contributed by atoms with Gasteiger partial charge in [-0.25, -0.2) is 8.42 Å². The van der Waals surface area contributed by atoms with Crippen molar-refractivity contribution in [2.24, 2.45) is 11.7 Å². The molecule has 0 saturated carbocycles. The van der Waals surface area contributed by atoms with Gasteiger partial charge in [0.25, 0.3) is 0 Å². The standard InChI is InChI=1S/C19H29N3O3S/c1-14(20)16-7-11-22(12-8-16)26(24,25)19-4-3-17-5-9-21(15(2)23)10-6-18(17)13-19/h3-4,13-14,16H,5-12,20H2,1-2H3. The predicted molar refractivity (Wildman–Crippen MR) is 101 cm³/mol. The summed E-state index contributed by atoms with van der Waals surface area (Å²) in [5, 5.41) is 0. The van der Waals surface area contributed by atoms with Crippen molar-refractivity contribution in [1.29, 1.82) is 0 Å². The Morgan fingerprint density at radius 1 is 1.12 bits per heavy atom. The Kier molecular flexibility index (Phi) is 5.69. The van der Waals surface area contributed by atoms with Gasteiger partial charge in [-0.2, -0.15) is 4.31 Å². The fourth-order valence-corrected chi connectivity index (χ4v) is 5.49. The molecule has 0 spiro atoms. The summed E-state index contributed by atoms with van der Waals surface area (Å²) in [6.45, 7) is 5.97. The molecule has 6 nitrogen and oxygen atoms in total. The number of fused-ring (bicyclic) bond motifs is 1. The molecule has 1 saturated heterocycles. The number of benzene rings is 1. The largest absolute Gasteiger partial charge is 0.342 e. The maximum Gasteiger partial charge on any atom is 0.243 e. The lowest BCUT2D eigenvalue weighted by molar-refractivity contribution is -0.128. The zero-order valence-electron chi connectivity index (χ0n) is 15.6. The molecule has 0 aromatic heterocycles. The van der Waals surface area contributed by atoms with Gasteiger partial charge in [0.05, 0.1) is 4.90 Å². The summed E-state index contributed by atoms with van der Waals surface area (Å²) in [6.07, 6.45) is 3.10. The van der Waals surface area contributed by atoms with Gasteiger partial charge in [-0.3, -0.25) is 4.79 Å². The summed E-state index contributed by atoms with van der Waals surface area (Å²) in [5.74, 6) is 0.466. The van der Waals surface area contributed by atoms with Crippen LogP contribution in [0.4, 0.5) is 0 Å². The molecule has 2 heterocycles. The molecular formula is C19H29N3O3S. The average molecular weight is 380 g/mol. The van der Waals surface area contributed by atoms with Crippen LogP contribution in [0.5, 0.6) is 0 Å². The first-order chi connectivity index (χ1) is 12.3. The van der Waals surface area contributed by atoms with Crippen molar-refractivity contribution in [2.75, 3.05) is 26.2 Å². The van der Waals surface area contributed by atoms with E-state index in [1.165, 1.54) is 0 Å². The molecule has 2 aliphatic heterocycles. The highest BCUT2D eigenvalue weighted by molar-refractivity contribution is 7.89. The zero-order valence-corrected chi connectivity index (χ0v) is 16.5. The van der Waals surface area contributed by atoms with Crippen LogP contribution in [0.25, 0.3) is 0 Å². The van der Waals surface area contributed by atoms with Crippen LogP contribution in [-0.2, 0) is 27.7 Å². The second-order valence-corrected chi connectivity index (χ2v) is 9.48. The minimum absolute atomic E-state index is 0.0719. The van der Waals surface area contributed by atoms with E-state index in [1.54, 1.807) is 17.3 Å². The van der Waals surface area contributed by atoms with Gasteiger partial charge in [0, 0.05) is 39.1 Å². The molecule has 1 unspecified atom stereocenters. The number of carbonyl (C=O) groups is 1. The van der Waals surface area contributed by atoms with E-state index < -0.39 is 10.0 Å². The fourth-order valence-electron chi connectivity index (χ4n) is 3.97. The minimum Gasteiger partial charge on any atom is -0.342 e. The first-order valence-corrected chi connectivity index (χ1v) is 10.9. The highest BCUT2D eigenvalue weighted by Gasteiger charge is 2.31. The van der Waals surface area contributed by atoms with Crippen molar-refractivity contribution in [2.45, 2.75) is 50.5 Å². The van der Waals surface area contributed by atoms with E-state index in [1.807, 2.05) is 24.0 Å². The lowest BCUT2D eigenvalue weighted by atomic mass is 9.92. The molecule has 3 rings (SSSR count). The van der Waals surface area contributed by atoms with Gasteiger partial charge in [0.2, 0.25) is 15.9 Å². The number of nitrogens with two attached hydrogens (primary N) is 1. The molecule has 1 aromatic rings. The van der Waals surface area contributed by atoms with Gasteiger partial charge in [-0.15, -0.1) is 0 Å². The molecule has 1 aromatic carbocycles. The highest BCUT2D eigenvalue weighted by atomic mass is 32.2. The summed E-state index contributed by atoms with van der Waals surface area (Å²) in [5.41, 5.74) is 8.14. The van der Waals surface area contributed by atoms with E-state index >= 15 is 0 Å². The second kappa shape index (κ2) is 7.66. The van der Waals surface area contributed by atoms with Crippen LogP contribution in [0.3, 0.4) is 0 Å². The van der Waals surface area contributed by atoms with Crippen LogP contribution < -0.4 is 5.73 Å². The SMILES string of the molecule is CC(=O)N1CCc2ccc(S(=O)(=O)N3CCC(C(C)N)CC3)cc2CC1. The van der Waals surface area contributed by atoms with Crippen molar-refractivity contribution in [3.63, 3.8) is 0 Å². The highest BCUT2D eigenvalue weighted by Crippen LogP contribution is 2.27. The van der Waals surface area contributed by atoms with Crippen LogP contribution in [0, 0.1) is 5.92 Å². The Balaban J connectivity index is 1.77. The van der Waals surface area contributed by atoms with Crippen molar-refractivity contribution in [1.82, 2.24) is 9.21 Å². The van der Waals surface area contributed by atoms with E-state index in [0.717, 1.165) is 30.4 Å². The monoisotopic (exact) mass is 379 g/mol. The van der Waals surface area contributed by atoms with Gasteiger partial charge < -0.3 is 10.6 Å². The fraction of sp³-hybridized carbons (Fsp3) is 0.632. The number of sulfonamides is 1. The van der Waals surface area contributed by atoms with E-state index in [4.69, 9.17) is 5.73 Å². The van der Waals surface area contributed by atoms with Gasteiger partial charge >= 0.3 is 0 Å². The molecule has 1 amide bonds. The predicted octanol–water partition coefficient (Wildman–Crippen LogP) is 1.38. The third kappa shape index (κ3) is 3.94. The maximum absolute atomic E-state index is 13.0. The summed E-state index contributed by atoms with van der Waals surface area (Å²) >= 11 is 0. The molecule has 1 fully saturated rings. The molecule has 7 heteroatoms. The van der Waals surface area contributed by atoms with Crippen LogP contribution >= 0.6 is 0 Å². The molecular weight excluding hydrogens is 350 g/mol. The van der Waals surface area contributed by atoms with Crippen molar-refractivity contribution < 1.29 is 13.2 Å². The van der Waals surface area contributed by atoms with E-state index in [0.29, 0.717) is 43.4 Å². The molecule has 0 radical (unpaired) electrons. The molecule has 2 aliphatic rings. The van der Waals surface area contributed by atoms with Gasteiger partial charge in [0.1, 0.15) is 0 Å². The average Bonchev–Trinajstić information content (AvgIpc) is 2.83. The quantitative estimate of drug-likeness (QED) is 0.860. The number of nitrogens with zero attached hydrogens (tertiary/aromatic N) is 2. The Labute approximate surface area is 156 Å². The topological polar surface area (TPSA) is 83.7 Å². The lowest BCUT2D eigenvalue weighted by Crippen LogP contribution is -2.42. The number of rotatable bonds is 3. The van der Waals surface area contributed by atoms with E-state index in [9.17, 15) is 13.2 Å². The Bertz CT molecular complexity index is 768. The Morgan fingerprint density at radius 3 is 2.31 bits per heavy atom. The Morgan fingerprint density at radius 2 is 1.73 bits per heavy atom. The van der Waals surface area contributed by atoms with Crippen LogP contribution in [0.1, 0.15) is 37.8 Å². The Hall–Kier alpha value is -1.44. The van der Waals surface area contributed by atoms with Crippen LogP contribution in [0.2, 0.25) is 0 Å². The summed E-state index contributed by atoms with van der Waals surface area (Å²) < 4.78 is 27.7. The number of carbonyl (C=O) groups excluding carboxylic acids is 1. The molecule has 0 bridgehead atoms. The summed E-state index contributed by atoms with van der Waals surface area (Å²) in [7, 11) is -3.47. The van der Waals surface area contributed by atoms with Gasteiger partial charge in [-0.05, 0) is 61.8 Å². The first-order valence-electron chi connectivity index (χ1n) is 9.42. The minimum atomic E-state index is -3.47.